The van der Waals surface area contributed by atoms with E-state index in [0.717, 1.165) is 22.4 Å². The molecule has 0 aliphatic rings. The lowest BCUT2D eigenvalue weighted by molar-refractivity contribution is 0.284. The standard InChI is InChI=1S/C22H20Cl3NO2/c1-14-6-7-18(24)11-20(14)26-12-16-9-19(25)22(21(10-16)27-2)28-13-15-4-3-5-17(23)8-15/h3-11,26H,12-13H2,1-2H3. The highest BCUT2D eigenvalue weighted by Gasteiger charge is 2.13. The maximum Gasteiger partial charge on any atom is 0.180 e. The van der Waals surface area contributed by atoms with Crippen LogP contribution in [0.5, 0.6) is 11.5 Å². The molecule has 3 nitrogen and oxygen atoms in total. The van der Waals surface area contributed by atoms with Crippen LogP contribution in [0.4, 0.5) is 5.69 Å². The molecule has 0 saturated carbocycles. The molecule has 6 heteroatoms. The molecule has 0 fully saturated rings. The molecular formula is C22H20Cl3NO2. The van der Waals surface area contributed by atoms with Gasteiger partial charge in [0.25, 0.3) is 0 Å². The quantitative estimate of drug-likeness (QED) is 0.426. The van der Waals surface area contributed by atoms with Gasteiger partial charge in [0.1, 0.15) is 6.61 Å². The summed E-state index contributed by atoms with van der Waals surface area (Å²) in [6.45, 7) is 2.95. The highest BCUT2D eigenvalue weighted by Crippen LogP contribution is 2.37. The van der Waals surface area contributed by atoms with Gasteiger partial charge in [-0.1, -0.05) is 53.0 Å². The van der Waals surface area contributed by atoms with Crippen molar-refractivity contribution in [3.8, 4) is 11.5 Å². The first kappa shape index (κ1) is 20.7. The van der Waals surface area contributed by atoms with Crippen molar-refractivity contribution in [2.24, 2.45) is 0 Å². The smallest absolute Gasteiger partial charge is 0.180 e. The first-order valence-electron chi connectivity index (χ1n) is 8.70. The molecular weight excluding hydrogens is 417 g/mol. The Hall–Kier alpha value is -2.07. The molecule has 3 aromatic carbocycles. The number of anilines is 1. The molecule has 0 spiro atoms. The maximum atomic E-state index is 6.47. The Bertz CT molecular complexity index is 976. The number of hydrogen-bond donors (Lipinski definition) is 1. The Balaban J connectivity index is 1.74. The summed E-state index contributed by atoms with van der Waals surface area (Å²) < 4.78 is 11.4. The van der Waals surface area contributed by atoms with Gasteiger partial charge in [0.15, 0.2) is 11.5 Å². The number of methoxy groups -OCH3 is 1. The van der Waals surface area contributed by atoms with Crippen LogP contribution in [0.2, 0.25) is 15.1 Å². The summed E-state index contributed by atoms with van der Waals surface area (Å²) in [5.74, 6) is 1.08. The van der Waals surface area contributed by atoms with E-state index < -0.39 is 0 Å². The number of nitrogens with one attached hydrogen (secondary N) is 1. The van der Waals surface area contributed by atoms with Crippen molar-refractivity contribution in [3.05, 3.63) is 86.4 Å². The molecule has 0 aliphatic heterocycles. The second-order valence-electron chi connectivity index (χ2n) is 6.34. The molecule has 0 aliphatic carbocycles. The number of rotatable bonds is 7. The van der Waals surface area contributed by atoms with Gasteiger partial charge in [0.2, 0.25) is 0 Å². The van der Waals surface area contributed by atoms with E-state index in [9.17, 15) is 0 Å². The lowest BCUT2D eigenvalue weighted by Crippen LogP contribution is -2.03. The zero-order valence-electron chi connectivity index (χ0n) is 15.6. The number of hydrogen-bond acceptors (Lipinski definition) is 3. The summed E-state index contributed by atoms with van der Waals surface area (Å²) in [6, 6.07) is 17.0. The van der Waals surface area contributed by atoms with Gasteiger partial charge in [-0.3, -0.25) is 0 Å². The van der Waals surface area contributed by atoms with Crippen LogP contribution in [0.1, 0.15) is 16.7 Å². The Morgan fingerprint density at radius 1 is 0.893 bits per heavy atom. The third kappa shape index (κ3) is 5.26. The molecule has 0 atom stereocenters. The van der Waals surface area contributed by atoms with Gasteiger partial charge in [-0.15, -0.1) is 0 Å². The van der Waals surface area contributed by atoms with Crippen molar-refractivity contribution < 1.29 is 9.47 Å². The van der Waals surface area contributed by atoms with Crippen molar-refractivity contribution in [2.75, 3.05) is 12.4 Å². The Morgan fingerprint density at radius 3 is 2.43 bits per heavy atom. The Morgan fingerprint density at radius 2 is 1.68 bits per heavy atom. The SMILES string of the molecule is COc1cc(CNc2cc(Cl)ccc2C)cc(Cl)c1OCc1cccc(Cl)c1. The minimum Gasteiger partial charge on any atom is -0.493 e. The fraction of sp³-hybridized carbons (Fsp3) is 0.182. The maximum absolute atomic E-state index is 6.47. The van der Waals surface area contributed by atoms with Gasteiger partial charge in [0.05, 0.1) is 12.1 Å². The second-order valence-corrected chi connectivity index (χ2v) is 7.62. The third-order valence-electron chi connectivity index (χ3n) is 4.24. The number of benzene rings is 3. The average molecular weight is 437 g/mol. The third-order valence-corrected chi connectivity index (χ3v) is 4.99. The summed E-state index contributed by atoms with van der Waals surface area (Å²) in [6.07, 6.45) is 0. The monoisotopic (exact) mass is 435 g/mol. The van der Waals surface area contributed by atoms with E-state index in [4.69, 9.17) is 44.3 Å². The number of aryl methyl sites for hydroxylation is 1. The van der Waals surface area contributed by atoms with Crippen molar-refractivity contribution in [2.45, 2.75) is 20.1 Å². The molecule has 1 N–H and O–H groups in total. The van der Waals surface area contributed by atoms with Crippen molar-refractivity contribution >= 4 is 40.5 Å². The van der Waals surface area contributed by atoms with Gasteiger partial charge >= 0.3 is 0 Å². The molecule has 146 valence electrons. The molecule has 0 unspecified atom stereocenters. The molecule has 0 aromatic heterocycles. The molecule has 0 amide bonds. The molecule has 3 aromatic rings. The van der Waals surface area contributed by atoms with Crippen LogP contribution >= 0.6 is 34.8 Å². The van der Waals surface area contributed by atoms with E-state index in [2.05, 4.69) is 5.32 Å². The first-order chi connectivity index (χ1) is 13.5. The van der Waals surface area contributed by atoms with Crippen LogP contribution in [0.25, 0.3) is 0 Å². The zero-order valence-corrected chi connectivity index (χ0v) is 17.8. The van der Waals surface area contributed by atoms with Crippen molar-refractivity contribution in [1.29, 1.82) is 0 Å². The predicted octanol–water partition coefficient (Wildman–Crippen LogP) is 7.15. The van der Waals surface area contributed by atoms with Gasteiger partial charge in [-0.05, 0) is 60.0 Å². The molecule has 0 heterocycles. The largest absolute Gasteiger partial charge is 0.493 e. The Kier molecular flexibility index (Phi) is 6.95. The van der Waals surface area contributed by atoms with Crippen LogP contribution in [-0.4, -0.2) is 7.11 Å². The fourth-order valence-corrected chi connectivity index (χ4v) is 3.45. The van der Waals surface area contributed by atoms with E-state index in [1.54, 1.807) is 7.11 Å². The minimum absolute atomic E-state index is 0.343. The zero-order chi connectivity index (χ0) is 20.1. The minimum atomic E-state index is 0.343. The molecule has 3 rings (SSSR count). The highest BCUT2D eigenvalue weighted by molar-refractivity contribution is 6.32. The Labute approximate surface area is 180 Å². The summed E-state index contributed by atoms with van der Waals surface area (Å²) >= 11 is 18.6. The summed E-state index contributed by atoms with van der Waals surface area (Å²) in [5.41, 5.74) is 4.01. The van der Waals surface area contributed by atoms with Crippen LogP contribution in [0.3, 0.4) is 0 Å². The van der Waals surface area contributed by atoms with Crippen molar-refractivity contribution in [1.82, 2.24) is 0 Å². The molecule has 0 radical (unpaired) electrons. The second kappa shape index (κ2) is 9.42. The number of halogens is 3. The van der Waals surface area contributed by atoms with Crippen LogP contribution in [0.15, 0.2) is 54.6 Å². The van der Waals surface area contributed by atoms with Crippen molar-refractivity contribution in [3.63, 3.8) is 0 Å². The highest BCUT2D eigenvalue weighted by atomic mass is 35.5. The van der Waals surface area contributed by atoms with Crippen LogP contribution < -0.4 is 14.8 Å². The molecule has 0 saturated heterocycles. The normalized spacial score (nSPS) is 10.6. The van der Waals surface area contributed by atoms with E-state index in [1.807, 2.05) is 61.5 Å². The van der Waals surface area contributed by atoms with E-state index in [1.165, 1.54) is 0 Å². The van der Waals surface area contributed by atoms with Crippen LogP contribution in [-0.2, 0) is 13.2 Å². The topological polar surface area (TPSA) is 30.5 Å². The average Bonchev–Trinajstić information content (AvgIpc) is 2.67. The van der Waals surface area contributed by atoms with Gasteiger partial charge < -0.3 is 14.8 Å². The fourth-order valence-electron chi connectivity index (χ4n) is 2.78. The predicted molar refractivity (Wildman–Crippen MR) is 117 cm³/mol. The lowest BCUT2D eigenvalue weighted by Gasteiger charge is -2.15. The number of ether oxygens (including phenoxy) is 2. The van der Waals surface area contributed by atoms with Gasteiger partial charge in [0, 0.05) is 22.3 Å². The van der Waals surface area contributed by atoms with Gasteiger partial charge in [-0.2, -0.15) is 0 Å². The van der Waals surface area contributed by atoms with E-state index >= 15 is 0 Å². The summed E-state index contributed by atoms with van der Waals surface area (Å²) in [4.78, 5) is 0. The molecule has 0 bridgehead atoms. The lowest BCUT2D eigenvalue weighted by atomic mass is 10.1. The van der Waals surface area contributed by atoms with Gasteiger partial charge in [-0.25, -0.2) is 0 Å². The summed E-state index contributed by atoms with van der Waals surface area (Å²) in [5, 5.41) is 5.22. The summed E-state index contributed by atoms with van der Waals surface area (Å²) in [7, 11) is 1.59. The van der Waals surface area contributed by atoms with E-state index in [0.29, 0.717) is 39.7 Å². The first-order valence-corrected chi connectivity index (χ1v) is 9.83. The molecule has 28 heavy (non-hydrogen) atoms. The van der Waals surface area contributed by atoms with Crippen LogP contribution in [0, 0.1) is 6.92 Å². The van der Waals surface area contributed by atoms with E-state index in [-0.39, 0.29) is 0 Å².